The molecule has 0 spiro atoms. The van der Waals surface area contributed by atoms with Crippen molar-refractivity contribution in [2.75, 3.05) is 13.1 Å². The summed E-state index contributed by atoms with van der Waals surface area (Å²) in [7, 11) is -3.57. The number of nitrogens with zero attached hydrogens (tertiary/aromatic N) is 2. The number of hydrogen-bond donors (Lipinski definition) is 2. The Morgan fingerprint density at radius 3 is 2.31 bits per heavy atom. The molecule has 0 aliphatic heterocycles. The minimum atomic E-state index is -5.01. The number of sulfonamides is 1. The molecule has 1 aromatic heterocycles. The van der Waals surface area contributed by atoms with Crippen molar-refractivity contribution in [3.63, 3.8) is 0 Å². The maximum absolute atomic E-state index is 14.3. The van der Waals surface area contributed by atoms with Gasteiger partial charge >= 0.3 is 11.9 Å². The standard InChI is InChI=1S/C14H13ClF4N4O4S.ClH/c1-22-11(14(17,18)19)6-12(24)23(13(22)25)9-5-10(7(15)4-8(9)16)28(26,27)21-3-2-20;/h4-6,21H,2-3,20H2,1H3;1H. The maximum Gasteiger partial charge on any atom is 0.431 e. The number of rotatable bonds is 5. The van der Waals surface area contributed by atoms with Crippen LogP contribution in [0.5, 0.6) is 0 Å². The highest BCUT2D eigenvalue weighted by Gasteiger charge is 2.35. The molecule has 0 aliphatic rings. The van der Waals surface area contributed by atoms with Crippen LogP contribution in [0.1, 0.15) is 5.69 Å². The average Bonchev–Trinajstić information content (AvgIpc) is 2.57. The van der Waals surface area contributed by atoms with Crippen molar-refractivity contribution in [3.05, 3.63) is 55.6 Å². The van der Waals surface area contributed by atoms with Crippen LogP contribution in [-0.4, -0.2) is 30.6 Å². The fourth-order valence-electron chi connectivity index (χ4n) is 2.29. The molecule has 0 aliphatic carbocycles. The lowest BCUT2D eigenvalue weighted by Gasteiger charge is -2.15. The van der Waals surface area contributed by atoms with Gasteiger partial charge in [0.2, 0.25) is 10.0 Å². The Bertz CT molecular complexity index is 1150. The molecule has 0 amide bonds. The molecular formula is C14H14Cl2F4N4O4S. The van der Waals surface area contributed by atoms with E-state index >= 15 is 0 Å². The lowest BCUT2D eigenvalue weighted by molar-refractivity contribution is -0.144. The molecule has 15 heteroatoms. The number of hydrogen-bond acceptors (Lipinski definition) is 5. The summed E-state index contributed by atoms with van der Waals surface area (Å²) in [5.41, 5.74) is -0.260. The van der Waals surface area contributed by atoms with Crippen LogP contribution < -0.4 is 21.7 Å². The summed E-state index contributed by atoms with van der Waals surface area (Å²) in [6, 6.07) is 1.19. The third-order valence-corrected chi connectivity index (χ3v) is 5.50. The molecule has 8 nitrogen and oxygen atoms in total. The Morgan fingerprint density at radius 2 is 1.79 bits per heavy atom. The molecule has 0 bridgehead atoms. The van der Waals surface area contributed by atoms with Gasteiger partial charge in [-0.1, -0.05) is 11.6 Å². The van der Waals surface area contributed by atoms with E-state index in [2.05, 4.69) is 4.72 Å². The summed E-state index contributed by atoms with van der Waals surface area (Å²) >= 11 is 5.74. The quantitative estimate of drug-likeness (QED) is 0.619. The SMILES string of the molecule is Cl.Cn1c(C(F)(F)F)cc(=O)n(-c2cc(S(=O)(=O)NCCN)c(Cl)cc2F)c1=O. The largest absolute Gasteiger partial charge is 0.431 e. The van der Waals surface area contributed by atoms with Gasteiger partial charge in [0.05, 0.1) is 10.7 Å². The molecule has 1 aromatic carbocycles. The smallest absolute Gasteiger partial charge is 0.329 e. The van der Waals surface area contributed by atoms with E-state index in [-0.39, 0.29) is 40.7 Å². The maximum atomic E-state index is 14.3. The highest BCUT2D eigenvalue weighted by Crippen LogP contribution is 2.28. The molecule has 2 aromatic rings. The van der Waals surface area contributed by atoms with Crippen molar-refractivity contribution in [2.45, 2.75) is 11.1 Å². The van der Waals surface area contributed by atoms with E-state index in [4.69, 9.17) is 17.3 Å². The predicted octanol–water partition coefficient (Wildman–Crippen LogP) is 1.01. The van der Waals surface area contributed by atoms with Crippen LogP contribution in [0.25, 0.3) is 5.69 Å². The second-order valence-electron chi connectivity index (χ2n) is 5.46. The molecule has 1 heterocycles. The summed E-state index contributed by atoms with van der Waals surface area (Å²) in [5, 5.41) is -0.567. The fraction of sp³-hybridized carbons (Fsp3) is 0.286. The van der Waals surface area contributed by atoms with Crippen molar-refractivity contribution in [2.24, 2.45) is 12.8 Å². The molecule has 29 heavy (non-hydrogen) atoms. The summed E-state index contributed by atoms with van der Waals surface area (Å²) in [6.45, 7) is -0.253. The van der Waals surface area contributed by atoms with E-state index in [1.807, 2.05) is 0 Å². The molecule has 3 N–H and O–H groups in total. The van der Waals surface area contributed by atoms with Crippen molar-refractivity contribution in [1.29, 1.82) is 0 Å². The Balaban J connectivity index is 0.00000420. The lowest BCUT2D eigenvalue weighted by Crippen LogP contribution is -2.41. The van der Waals surface area contributed by atoms with E-state index in [0.717, 1.165) is 7.05 Å². The van der Waals surface area contributed by atoms with Crippen LogP contribution in [0, 0.1) is 5.82 Å². The first-order chi connectivity index (χ1) is 12.8. The van der Waals surface area contributed by atoms with Gasteiger partial charge in [-0.2, -0.15) is 13.2 Å². The normalized spacial score (nSPS) is 12.0. The highest BCUT2D eigenvalue weighted by molar-refractivity contribution is 7.89. The molecule has 0 unspecified atom stereocenters. The summed E-state index contributed by atoms with van der Waals surface area (Å²) in [5.74, 6) is -1.29. The van der Waals surface area contributed by atoms with Gasteiger partial charge in [0.15, 0.2) is 0 Å². The Morgan fingerprint density at radius 1 is 1.21 bits per heavy atom. The van der Waals surface area contributed by atoms with Crippen molar-refractivity contribution in [1.82, 2.24) is 13.9 Å². The first-order valence-electron chi connectivity index (χ1n) is 7.40. The number of aromatic nitrogens is 2. The fourth-order valence-corrected chi connectivity index (χ4v) is 3.87. The summed E-state index contributed by atoms with van der Waals surface area (Å²) in [6.07, 6.45) is -5.01. The first kappa shape index (κ1) is 25.1. The third-order valence-electron chi connectivity index (χ3n) is 3.58. The molecule has 0 atom stereocenters. The zero-order valence-corrected chi connectivity index (χ0v) is 16.8. The van der Waals surface area contributed by atoms with Gasteiger partial charge in [-0.3, -0.25) is 9.36 Å². The van der Waals surface area contributed by atoms with E-state index in [0.29, 0.717) is 12.1 Å². The second-order valence-corrected chi connectivity index (χ2v) is 7.61. The van der Waals surface area contributed by atoms with E-state index in [9.17, 15) is 35.6 Å². The van der Waals surface area contributed by atoms with Crippen LogP contribution >= 0.6 is 24.0 Å². The van der Waals surface area contributed by atoms with E-state index < -0.39 is 54.6 Å². The highest BCUT2D eigenvalue weighted by atomic mass is 35.5. The van der Waals surface area contributed by atoms with E-state index in [1.165, 1.54) is 0 Å². The van der Waals surface area contributed by atoms with Gasteiger partial charge < -0.3 is 5.73 Å². The average molecular weight is 481 g/mol. The van der Waals surface area contributed by atoms with Gasteiger partial charge in [-0.05, 0) is 12.1 Å². The molecule has 0 saturated carbocycles. The zero-order chi connectivity index (χ0) is 21.4. The molecular weight excluding hydrogens is 467 g/mol. The molecule has 0 saturated heterocycles. The molecule has 0 fully saturated rings. The first-order valence-corrected chi connectivity index (χ1v) is 9.26. The number of benzene rings is 1. The number of halogens is 6. The van der Waals surface area contributed by atoms with Crippen molar-refractivity contribution < 1.29 is 26.0 Å². The summed E-state index contributed by atoms with van der Waals surface area (Å²) in [4.78, 5) is 23.7. The van der Waals surface area contributed by atoms with Gasteiger partial charge in [-0.25, -0.2) is 26.9 Å². The number of nitrogens with two attached hydrogens (primary N) is 1. The number of alkyl halides is 3. The molecule has 2 rings (SSSR count). The van der Waals surface area contributed by atoms with Gasteiger partial charge in [-0.15, -0.1) is 12.4 Å². The minimum absolute atomic E-state index is 0. The topological polar surface area (TPSA) is 116 Å². The second kappa shape index (κ2) is 8.83. The van der Waals surface area contributed by atoms with Crippen LogP contribution in [-0.2, 0) is 23.2 Å². The summed E-state index contributed by atoms with van der Waals surface area (Å²) < 4.78 is 79.8. The van der Waals surface area contributed by atoms with Crippen molar-refractivity contribution in [3.8, 4) is 5.69 Å². The number of nitrogens with one attached hydrogen (secondary N) is 1. The third kappa shape index (κ3) is 4.98. The van der Waals surface area contributed by atoms with Gasteiger partial charge in [0, 0.05) is 26.2 Å². The van der Waals surface area contributed by atoms with Crippen LogP contribution in [0.2, 0.25) is 5.02 Å². The Labute approximate surface area is 172 Å². The zero-order valence-electron chi connectivity index (χ0n) is 14.5. The Hall–Kier alpha value is -1.93. The Kier molecular flexibility index (Phi) is 7.65. The van der Waals surface area contributed by atoms with Crippen molar-refractivity contribution >= 4 is 34.0 Å². The van der Waals surface area contributed by atoms with Gasteiger partial charge in [0.1, 0.15) is 16.4 Å². The lowest BCUT2D eigenvalue weighted by atomic mass is 10.3. The van der Waals surface area contributed by atoms with E-state index in [1.54, 1.807) is 0 Å². The predicted molar refractivity (Wildman–Crippen MR) is 98.7 cm³/mol. The van der Waals surface area contributed by atoms with Crippen LogP contribution in [0.3, 0.4) is 0 Å². The van der Waals surface area contributed by atoms with Crippen LogP contribution in [0.15, 0.2) is 32.7 Å². The molecule has 162 valence electrons. The van der Waals surface area contributed by atoms with Crippen LogP contribution in [0.4, 0.5) is 17.6 Å². The monoisotopic (exact) mass is 480 g/mol. The molecule has 0 radical (unpaired) electrons. The minimum Gasteiger partial charge on any atom is -0.329 e. The van der Waals surface area contributed by atoms with Gasteiger partial charge in [0.25, 0.3) is 5.56 Å².